The summed E-state index contributed by atoms with van der Waals surface area (Å²) in [4.78, 5) is 11.6. The summed E-state index contributed by atoms with van der Waals surface area (Å²) in [6.07, 6.45) is 1.74. The van der Waals surface area contributed by atoms with Crippen LogP contribution in [-0.2, 0) is 6.54 Å². The summed E-state index contributed by atoms with van der Waals surface area (Å²) in [5.41, 5.74) is 2.17. The van der Waals surface area contributed by atoms with Crippen molar-refractivity contribution in [2.75, 3.05) is 10.6 Å². The minimum Gasteiger partial charge on any atom is -0.423 e. The summed E-state index contributed by atoms with van der Waals surface area (Å²) in [6, 6.07) is 15.2. The number of thiocarbonyl (C=S) groups is 1. The molecule has 2 aromatic heterocycles. The quantitative estimate of drug-likeness (QED) is 0.388. The van der Waals surface area contributed by atoms with E-state index in [1.807, 2.05) is 19.1 Å². The van der Waals surface area contributed by atoms with Crippen LogP contribution in [0.25, 0.3) is 11.0 Å². The zero-order chi connectivity index (χ0) is 20.4. The number of rotatable bonds is 4. The molecule has 0 amide bonds. The molecular formula is C21H17FN4O2S. The van der Waals surface area contributed by atoms with Crippen LogP contribution in [0, 0.1) is 12.7 Å². The van der Waals surface area contributed by atoms with Gasteiger partial charge in [0.15, 0.2) is 10.9 Å². The molecule has 8 heteroatoms. The smallest absolute Gasteiger partial charge is 0.336 e. The maximum atomic E-state index is 13.8. The zero-order valence-corrected chi connectivity index (χ0v) is 16.3. The molecule has 0 aliphatic heterocycles. The van der Waals surface area contributed by atoms with Gasteiger partial charge in [0.1, 0.15) is 11.4 Å². The van der Waals surface area contributed by atoms with E-state index < -0.39 is 5.63 Å². The van der Waals surface area contributed by atoms with Crippen molar-refractivity contribution in [3.63, 3.8) is 0 Å². The number of aromatic nitrogens is 2. The summed E-state index contributed by atoms with van der Waals surface area (Å²) in [5, 5.41) is 11.6. The molecule has 0 aliphatic carbocycles. The number of benzene rings is 2. The third-order valence-corrected chi connectivity index (χ3v) is 4.59. The lowest BCUT2D eigenvalue weighted by atomic mass is 10.1. The summed E-state index contributed by atoms with van der Waals surface area (Å²) in [6.45, 7) is 2.17. The van der Waals surface area contributed by atoms with Gasteiger partial charge in [0.2, 0.25) is 0 Å². The van der Waals surface area contributed by atoms with Crippen LogP contribution in [0.15, 0.2) is 70.0 Å². The molecule has 0 saturated heterocycles. The average molecular weight is 408 g/mol. The predicted octanol–water partition coefficient (Wildman–Crippen LogP) is 4.29. The number of halogens is 1. The minimum atomic E-state index is -0.395. The van der Waals surface area contributed by atoms with Crippen LogP contribution >= 0.6 is 12.2 Å². The van der Waals surface area contributed by atoms with E-state index in [2.05, 4.69) is 15.7 Å². The maximum absolute atomic E-state index is 13.8. The van der Waals surface area contributed by atoms with Crippen LogP contribution in [0.3, 0.4) is 0 Å². The fourth-order valence-electron chi connectivity index (χ4n) is 3.00. The first-order valence-electron chi connectivity index (χ1n) is 8.87. The Morgan fingerprint density at radius 3 is 2.83 bits per heavy atom. The molecule has 6 nitrogen and oxygen atoms in total. The monoisotopic (exact) mass is 408 g/mol. The highest BCUT2D eigenvalue weighted by Crippen LogP contribution is 2.21. The van der Waals surface area contributed by atoms with Gasteiger partial charge in [-0.15, -0.1) is 0 Å². The fourth-order valence-corrected chi connectivity index (χ4v) is 3.22. The van der Waals surface area contributed by atoms with E-state index in [0.29, 0.717) is 34.3 Å². The first-order chi connectivity index (χ1) is 14.0. The van der Waals surface area contributed by atoms with Gasteiger partial charge in [-0.1, -0.05) is 18.2 Å². The van der Waals surface area contributed by atoms with Gasteiger partial charge >= 0.3 is 5.63 Å². The van der Waals surface area contributed by atoms with Crippen LogP contribution < -0.4 is 16.3 Å². The molecule has 0 unspecified atom stereocenters. The van der Waals surface area contributed by atoms with Gasteiger partial charge in [-0.25, -0.2) is 9.18 Å². The molecule has 0 fully saturated rings. The third-order valence-electron chi connectivity index (χ3n) is 4.38. The highest BCUT2D eigenvalue weighted by atomic mass is 32.1. The number of hydrogen-bond acceptors (Lipinski definition) is 4. The molecule has 29 heavy (non-hydrogen) atoms. The van der Waals surface area contributed by atoms with Gasteiger partial charge in [0, 0.05) is 41.0 Å². The summed E-state index contributed by atoms with van der Waals surface area (Å²) in [5.74, 6) is 0.259. The van der Waals surface area contributed by atoms with Crippen LogP contribution in [0.1, 0.15) is 11.1 Å². The average Bonchev–Trinajstić information content (AvgIpc) is 3.10. The summed E-state index contributed by atoms with van der Waals surface area (Å²) in [7, 11) is 0. The normalized spacial score (nSPS) is 10.8. The van der Waals surface area contributed by atoms with Crippen LogP contribution in [0.5, 0.6) is 0 Å². The fraction of sp³-hybridized carbons (Fsp3) is 0.0952. The Morgan fingerprint density at radius 1 is 1.17 bits per heavy atom. The molecule has 2 aromatic carbocycles. The second-order valence-electron chi connectivity index (χ2n) is 6.53. The molecular weight excluding hydrogens is 391 g/mol. The van der Waals surface area contributed by atoms with E-state index in [1.54, 1.807) is 41.2 Å². The first-order valence-corrected chi connectivity index (χ1v) is 9.28. The zero-order valence-electron chi connectivity index (χ0n) is 15.5. The van der Waals surface area contributed by atoms with E-state index in [-0.39, 0.29) is 5.82 Å². The molecule has 4 rings (SSSR count). The first kappa shape index (κ1) is 18.8. The number of hydrogen-bond donors (Lipinski definition) is 2. The maximum Gasteiger partial charge on any atom is 0.336 e. The standard InChI is InChI=1S/C21H17FN4O2S/c1-13-10-20(27)28-18-11-15(6-7-16(13)18)23-21(29)24-19-8-9-26(25-19)12-14-4-2-3-5-17(14)22/h2-11H,12H2,1H3,(H2,23,24,25,29). The van der Waals surface area contributed by atoms with Gasteiger partial charge in [0.25, 0.3) is 0 Å². The van der Waals surface area contributed by atoms with E-state index in [9.17, 15) is 9.18 Å². The largest absolute Gasteiger partial charge is 0.423 e. The van der Waals surface area contributed by atoms with Crippen molar-refractivity contribution in [1.29, 1.82) is 0 Å². The molecule has 146 valence electrons. The second-order valence-corrected chi connectivity index (χ2v) is 6.94. The number of fused-ring (bicyclic) bond motifs is 1. The van der Waals surface area contributed by atoms with Gasteiger partial charge in [-0.05, 0) is 42.9 Å². The molecule has 4 aromatic rings. The topological polar surface area (TPSA) is 72.1 Å². The molecule has 2 heterocycles. The van der Waals surface area contributed by atoms with Crippen molar-refractivity contribution in [2.45, 2.75) is 13.5 Å². The van der Waals surface area contributed by atoms with Crippen molar-refractivity contribution >= 4 is 39.8 Å². The highest BCUT2D eigenvalue weighted by Gasteiger charge is 2.07. The van der Waals surface area contributed by atoms with Crippen molar-refractivity contribution in [3.05, 3.63) is 88.2 Å². The number of aryl methyl sites for hydroxylation is 1. The van der Waals surface area contributed by atoms with Gasteiger partial charge in [-0.2, -0.15) is 5.10 Å². The highest BCUT2D eigenvalue weighted by molar-refractivity contribution is 7.80. The Hall–Kier alpha value is -3.52. The van der Waals surface area contributed by atoms with Crippen LogP contribution in [0.2, 0.25) is 0 Å². The van der Waals surface area contributed by atoms with Crippen molar-refractivity contribution < 1.29 is 8.81 Å². The van der Waals surface area contributed by atoms with Crippen molar-refractivity contribution in [3.8, 4) is 0 Å². The molecule has 0 saturated carbocycles. The minimum absolute atomic E-state index is 0.270. The Kier molecular flexibility index (Phi) is 5.09. The lowest BCUT2D eigenvalue weighted by Gasteiger charge is -2.10. The van der Waals surface area contributed by atoms with Gasteiger partial charge in [-0.3, -0.25) is 4.68 Å². The van der Waals surface area contributed by atoms with E-state index in [0.717, 1.165) is 10.9 Å². The second kappa shape index (κ2) is 7.84. The SMILES string of the molecule is Cc1cc(=O)oc2cc(NC(=S)Nc3ccn(Cc4ccccc4F)n3)ccc12. The van der Waals surface area contributed by atoms with Crippen molar-refractivity contribution in [1.82, 2.24) is 9.78 Å². The van der Waals surface area contributed by atoms with E-state index in [4.69, 9.17) is 16.6 Å². The molecule has 0 aliphatic rings. The van der Waals surface area contributed by atoms with Crippen LogP contribution in [-0.4, -0.2) is 14.9 Å². The van der Waals surface area contributed by atoms with Gasteiger partial charge in [0.05, 0.1) is 6.54 Å². The van der Waals surface area contributed by atoms with E-state index >= 15 is 0 Å². The van der Waals surface area contributed by atoms with E-state index in [1.165, 1.54) is 12.1 Å². The van der Waals surface area contributed by atoms with Gasteiger partial charge < -0.3 is 15.1 Å². The Morgan fingerprint density at radius 2 is 2.00 bits per heavy atom. The Labute approximate surface area is 171 Å². The third kappa shape index (κ3) is 4.33. The molecule has 0 spiro atoms. The lowest BCUT2D eigenvalue weighted by molar-refractivity contribution is 0.560. The number of nitrogens with one attached hydrogen (secondary N) is 2. The van der Waals surface area contributed by atoms with Crippen molar-refractivity contribution in [2.24, 2.45) is 0 Å². The summed E-state index contributed by atoms with van der Waals surface area (Å²) >= 11 is 5.33. The molecule has 0 bridgehead atoms. The Balaban J connectivity index is 1.44. The predicted molar refractivity (Wildman–Crippen MR) is 115 cm³/mol. The molecule has 2 N–H and O–H groups in total. The molecule has 0 radical (unpaired) electrons. The Bertz CT molecular complexity index is 1270. The lowest BCUT2D eigenvalue weighted by Crippen LogP contribution is -2.19. The number of nitrogens with zero attached hydrogens (tertiary/aromatic N) is 2. The molecule has 0 atom stereocenters. The summed E-state index contributed by atoms with van der Waals surface area (Å²) < 4.78 is 20.6. The van der Waals surface area contributed by atoms with Crippen LogP contribution in [0.4, 0.5) is 15.9 Å². The number of anilines is 2.